The Hall–Kier alpha value is -2.56. The normalized spacial score (nSPS) is 11.3. The van der Waals surface area contributed by atoms with Gasteiger partial charge in [0.1, 0.15) is 0 Å². The molecule has 23 heavy (non-hydrogen) atoms. The fraction of sp³-hybridized carbons (Fsp3) is 0.333. The molecule has 1 amide bonds. The zero-order chi connectivity index (χ0) is 16.4. The van der Waals surface area contributed by atoms with E-state index < -0.39 is 0 Å². The number of carbonyl (C=O) groups is 1. The van der Waals surface area contributed by atoms with E-state index in [1.807, 2.05) is 32.0 Å². The molecule has 0 aliphatic heterocycles. The smallest absolute Gasteiger partial charge is 0.225 e. The molecule has 2 heterocycles. The van der Waals surface area contributed by atoms with Gasteiger partial charge >= 0.3 is 0 Å². The molecule has 120 valence electrons. The molecule has 0 aliphatic carbocycles. The second-order valence-electron chi connectivity index (χ2n) is 6.15. The van der Waals surface area contributed by atoms with Crippen molar-refractivity contribution in [3.63, 3.8) is 0 Å². The van der Waals surface area contributed by atoms with Crippen LogP contribution in [-0.4, -0.2) is 20.7 Å². The van der Waals surface area contributed by atoms with E-state index in [4.69, 9.17) is 0 Å². The van der Waals surface area contributed by atoms with Gasteiger partial charge in [-0.3, -0.25) is 9.89 Å². The summed E-state index contributed by atoms with van der Waals surface area (Å²) in [4.78, 5) is 11.9. The number of aromatic amines is 1. The van der Waals surface area contributed by atoms with Gasteiger partial charge in [0.2, 0.25) is 5.91 Å². The number of anilines is 1. The van der Waals surface area contributed by atoms with Gasteiger partial charge in [-0.2, -0.15) is 5.10 Å². The average Bonchev–Trinajstić information content (AvgIpc) is 3.09. The number of para-hydroxylation sites is 1. The first kappa shape index (κ1) is 15.3. The molecule has 3 rings (SSSR count). The van der Waals surface area contributed by atoms with Gasteiger partial charge < -0.3 is 9.88 Å². The lowest BCUT2D eigenvalue weighted by atomic mass is 10.1. The predicted molar refractivity (Wildman–Crippen MR) is 93.3 cm³/mol. The van der Waals surface area contributed by atoms with Crippen LogP contribution in [0, 0.1) is 5.92 Å². The summed E-state index contributed by atoms with van der Waals surface area (Å²) >= 11 is 0. The molecule has 0 saturated carbocycles. The number of aryl methyl sites for hydroxylation is 1. The molecular weight excluding hydrogens is 288 g/mol. The van der Waals surface area contributed by atoms with Crippen molar-refractivity contribution in [3.05, 3.63) is 36.4 Å². The maximum atomic E-state index is 11.9. The number of nitrogens with one attached hydrogen (secondary N) is 2. The minimum absolute atomic E-state index is 0.00548. The molecule has 3 aromatic rings. The number of H-pyrrole nitrogens is 1. The zero-order valence-electron chi connectivity index (χ0n) is 13.8. The molecule has 5 nitrogen and oxygen atoms in total. The summed E-state index contributed by atoms with van der Waals surface area (Å²) < 4.78 is 2.24. The molecule has 0 spiro atoms. The largest absolute Gasteiger partial charge is 0.340 e. The third-order valence-electron chi connectivity index (χ3n) is 3.84. The second kappa shape index (κ2) is 6.28. The molecular formula is C18H22N4O. The van der Waals surface area contributed by atoms with Crippen LogP contribution in [0.2, 0.25) is 0 Å². The molecule has 0 unspecified atom stereocenters. The number of fused-ring (bicyclic) bond motifs is 1. The highest BCUT2D eigenvalue weighted by molar-refractivity contribution is 5.91. The van der Waals surface area contributed by atoms with Crippen molar-refractivity contribution < 1.29 is 4.79 Å². The van der Waals surface area contributed by atoms with Gasteiger partial charge in [0.25, 0.3) is 0 Å². The Morgan fingerprint density at radius 3 is 2.83 bits per heavy atom. The van der Waals surface area contributed by atoms with E-state index in [2.05, 4.69) is 45.2 Å². The van der Waals surface area contributed by atoms with E-state index >= 15 is 0 Å². The van der Waals surface area contributed by atoms with E-state index in [0.29, 0.717) is 18.2 Å². The fourth-order valence-corrected chi connectivity index (χ4v) is 2.86. The van der Waals surface area contributed by atoms with E-state index in [1.165, 1.54) is 10.9 Å². The SMILES string of the molecule is CCn1c(-c2cc(NC(=O)CC(C)C)n[nH]2)cc2ccccc21. The van der Waals surface area contributed by atoms with Crippen LogP contribution >= 0.6 is 0 Å². The maximum absolute atomic E-state index is 11.9. The van der Waals surface area contributed by atoms with Crippen molar-refractivity contribution in [1.29, 1.82) is 0 Å². The van der Waals surface area contributed by atoms with Crippen molar-refractivity contribution >= 4 is 22.6 Å². The molecule has 5 heteroatoms. The first-order valence-electron chi connectivity index (χ1n) is 8.02. The first-order valence-corrected chi connectivity index (χ1v) is 8.02. The Labute approximate surface area is 135 Å². The average molecular weight is 310 g/mol. The lowest BCUT2D eigenvalue weighted by molar-refractivity contribution is -0.116. The van der Waals surface area contributed by atoms with Crippen LogP contribution in [0.3, 0.4) is 0 Å². The van der Waals surface area contributed by atoms with E-state index in [-0.39, 0.29) is 5.91 Å². The summed E-state index contributed by atoms with van der Waals surface area (Å²) in [5.41, 5.74) is 3.18. The minimum Gasteiger partial charge on any atom is -0.340 e. The maximum Gasteiger partial charge on any atom is 0.225 e. The fourth-order valence-electron chi connectivity index (χ4n) is 2.86. The quantitative estimate of drug-likeness (QED) is 0.747. The Morgan fingerprint density at radius 2 is 2.09 bits per heavy atom. The van der Waals surface area contributed by atoms with Gasteiger partial charge in [0, 0.05) is 29.9 Å². The third kappa shape index (κ3) is 3.13. The van der Waals surface area contributed by atoms with Crippen molar-refractivity contribution in [1.82, 2.24) is 14.8 Å². The van der Waals surface area contributed by atoms with Crippen LogP contribution in [0.15, 0.2) is 36.4 Å². The summed E-state index contributed by atoms with van der Waals surface area (Å²) in [7, 11) is 0. The van der Waals surface area contributed by atoms with Crippen molar-refractivity contribution in [2.24, 2.45) is 5.92 Å². The molecule has 0 atom stereocenters. The van der Waals surface area contributed by atoms with Gasteiger partial charge in [0.05, 0.1) is 11.4 Å². The number of hydrogen-bond donors (Lipinski definition) is 2. The van der Waals surface area contributed by atoms with Gasteiger partial charge in [0.15, 0.2) is 5.82 Å². The lowest BCUT2D eigenvalue weighted by Crippen LogP contribution is -2.13. The summed E-state index contributed by atoms with van der Waals surface area (Å²) in [6.45, 7) is 7.04. The Morgan fingerprint density at radius 1 is 1.30 bits per heavy atom. The molecule has 2 N–H and O–H groups in total. The summed E-state index contributed by atoms with van der Waals surface area (Å²) in [5, 5.41) is 11.3. The molecule has 0 aliphatic rings. The minimum atomic E-state index is -0.00548. The molecule has 0 bridgehead atoms. The number of aromatic nitrogens is 3. The second-order valence-corrected chi connectivity index (χ2v) is 6.15. The van der Waals surface area contributed by atoms with E-state index in [1.54, 1.807) is 0 Å². The highest BCUT2D eigenvalue weighted by Gasteiger charge is 2.13. The summed E-state index contributed by atoms with van der Waals surface area (Å²) in [6.07, 6.45) is 0.497. The molecule has 0 radical (unpaired) electrons. The van der Waals surface area contributed by atoms with E-state index in [0.717, 1.165) is 17.9 Å². The van der Waals surface area contributed by atoms with Crippen LogP contribution in [0.4, 0.5) is 5.82 Å². The zero-order valence-corrected chi connectivity index (χ0v) is 13.8. The van der Waals surface area contributed by atoms with Crippen molar-refractivity contribution in [3.8, 4) is 11.4 Å². The Balaban J connectivity index is 1.90. The number of benzene rings is 1. The van der Waals surface area contributed by atoms with Gasteiger partial charge in [-0.1, -0.05) is 32.0 Å². The summed E-state index contributed by atoms with van der Waals surface area (Å²) in [6, 6.07) is 12.3. The van der Waals surface area contributed by atoms with Crippen LogP contribution < -0.4 is 5.32 Å². The van der Waals surface area contributed by atoms with Crippen LogP contribution in [0.5, 0.6) is 0 Å². The highest BCUT2D eigenvalue weighted by atomic mass is 16.1. The Kier molecular flexibility index (Phi) is 4.19. The standard InChI is InChI=1S/C18H22N4O/c1-4-22-15-8-6-5-7-13(15)10-16(22)14-11-17(21-20-14)19-18(23)9-12(2)3/h5-8,10-12H,4,9H2,1-3H3,(H2,19,20,21,23). The van der Waals surface area contributed by atoms with Gasteiger partial charge in [-0.25, -0.2) is 0 Å². The number of hydrogen-bond acceptors (Lipinski definition) is 2. The van der Waals surface area contributed by atoms with Gasteiger partial charge in [-0.15, -0.1) is 0 Å². The topological polar surface area (TPSA) is 62.7 Å². The third-order valence-corrected chi connectivity index (χ3v) is 3.84. The Bertz CT molecular complexity index is 829. The summed E-state index contributed by atoms with van der Waals surface area (Å²) in [5.74, 6) is 0.892. The number of nitrogens with zero attached hydrogens (tertiary/aromatic N) is 2. The lowest BCUT2D eigenvalue weighted by Gasteiger charge is -2.05. The molecule has 0 saturated heterocycles. The number of rotatable bonds is 5. The van der Waals surface area contributed by atoms with E-state index in [9.17, 15) is 4.79 Å². The molecule has 2 aromatic heterocycles. The van der Waals surface area contributed by atoms with Crippen molar-refractivity contribution in [2.75, 3.05) is 5.32 Å². The van der Waals surface area contributed by atoms with Crippen LogP contribution in [0.1, 0.15) is 27.2 Å². The van der Waals surface area contributed by atoms with Crippen LogP contribution in [-0.2, 0) is 11.3 Å². The van der Waals surface area contributed by atoms with Crippen molar-refractivity contribution in [2.45, 2.75) is 33.7 Å². The molecule has 0 fully saturated rings. The molecule has 1 aromatic carbocycles. The van der Waals surface area contributed by atoms with Crippen LogP contribution in [0.25, 0.3) is 22.3 Å². The number of carbonyl (C=O) groups excluding carboxylic acids is 1. The monoisotopic (exact) mass is 310 g/mol. The highest BCUT2D eigenvalue weighted by Crippen LogP contribution is 2.28. The number of amides is 1. The predicted octanol–water partition coefficient (Wildman–Crippen LogP) is 4.04. The van der Waals surface area contributed by atoms with Gasteiger partial charge in [-0.05, 0) is 25.0 Å². The first-order chi connectivity index (χ1) is 11.1.